The number of rotatable bonds is 6. The van der Waals surface area contributed by atoms with Gasteiger partial charge in [-0.2, -0.15) is 4.98 Å². The molecular weight excluding hydrogens is 500 g/mol. The smallest absolute Gasteiger partial charge is 0.228 e. The van der Waals surface area contributed by atoms with E-state index < -0.39 is 5.82 Å². The second-order valence-corrected chi connectivity index (χ2v) is 9.47. The molecule has 0 bridgehead atoms. The van der Waals surface area contributed by atoms with Crippen molar-refractivity contribution in [3.05, 3.63) is 90.0 Å². The highest BCUT2D eigenvalue weighted by atomic mass is 19.1. The summed E-state index contributed by atoms with van der Waals surface area (Å²) in [5, 5.41) is 5.10. The van der Waals surface area contributed by atoms with Crippen LogP contribution in [0.2, 0.25) is 0 Å². The molecule has 39 heavy (non-hydrogen) atoms. The summed E-state index contributed by atoms with van der Waals surface area (Å²) >= 11 is 0. The fourth-order valence-corrected chi connectivity index (χ4v) is 4.89. The largest absolute Gasteiger partial charge is 0.497 e. The fraction of sp³-hybridized carbons (Fsp3) is 0.207. The van der Waals surface area contributed by atoms with Crippen LogP contribution in [-0.2, 0) is 6.54 Å². The van der Waals surface area contributed by atoms with Crippen LogP contribution < -0.4 is 15.4 Å². The van der Waals surface area contributed by atoms with Crippen molar-refractivity contribution >= 4 is 22.8 Å². The Labute approximate surface area is 224 Å². The molecule has 3 aromatic carbocycles. The number of aromatic nitrogens is 4. The van der Waals surface area contributed by atoms with Gasteiger partial charge in [0.25, 0.3) is 0 Å². The van der Waals surface area contributed by atoms with Crippen molar-refractivity contribution in [2.24, 2.45) is 0 Å². The minimum Gasteiger partial charge on any atom is -0.497 e. The van der Waals surface area contributed by atoms with Crippen LogP contribution in [-0.4, -0.2) is 57.9 Å². The van der Waals surface area contributed by atoms with Gasteiger partial charge in [0.2, 0.25) is 5.95 Å². The van der Waals surface area contributed by atoms with Crippen molar-refractivity contribution in [3.63, 3.8) is 0 Å². The Morgan fingerprint density at radius 3 is 2.28 bits per heavy atom. The van der Waals surface area contributed by atoms with Gasteiger partial charge in [-0.1, -0.05) is 30.3 Å². The average molecular weight is 528 g/mol. The molecule has 8 nitrogen and oxygen atoms in total. The summed E-state index contributed by atoms with van der Waals surface area (Å²) in [5.74, 6) is 0.798. The zero-order valence-corrected chi connectivity index (χ0v) is 21.4. The summed E-state index contributed by atoms with van der Waals surface area (Å²) in [6.07, 6.45) is 0. The van der Waals surface area contributed by atoms with E-state index in [1.807, 2.05) is 12.1 Å². The Morgan fingerprint density at radius 1 is 0.872 bits per heavy atom. The molecule has 1 saturated heterocycles. The average Bonchev–Trinajstić information content (AvgIpc) is 3.29. The topological polar surface area (TPSA) is 85.3 Å². The van der Waals surface area contributed by atoms with Gasteiger partial charge in [0.05, 0.1) is 23.9 Å². The third-order valence-electron chi connectivity index (χ3n) is 6.93. The van der Waals surface area contributed by atoms with E-state index in [0.29, 0.717) is 47.0 Å². The van der Waals surface area contributed by atoms with E-state index in [0.717, 1.165) is 25.4 Å². The van der Waals surface area contributed by atoms with Crippen molar-refractivity contribution in [2.75, 3.05) is 43.9 Å². The van der Waals surface area contributed by atoms with Gasteiger partial charge in [-0.05, 0) is 48.0 Å². The summed E-state index contributed by atoms with van der Waals surface area (Å²) in [6.45, 7) is 3.90. The normalized spacial score (nSPS) is 14.2. The number of piperazine rings is 1. The summed E-state index contributed by atoms with van der Waals surface area (Å²) in [4.78, 5) is 14.1. The predicted octanol–water partition coefficient (Wildman–Crippen LogP) is 4.67. The lowest BCUT2D eigenvalue weighted by Gasteiger charge is -2.34. The molecule has 10 heteroatoms. The van der Waals surface area contributed by atoms with Gasteiger partial charge in [0, 0.05) is 38.3 Å². The first-order chi connectivity index (χ1) is 19.0. The molecule has 0 atom stereocenters. The van der Waals surface area contributed by atoms with Gasteiger partial charge in [0.1, 0.15) is 23.2 Å². The highest BCUT2D eigenvalue weighted by molar-refractivity contribution is 5.99. The minimum atomic E-state index is -0.406. The number of fused-ring (bicyclic) bond motifs is 1. The lowest BCUT2D eigenvalue weighted by atomic mass is 10.1. The molecule has 0 saturated carbocycles. The Kier molecular flexibility index (Phi) is 6.54. The Bertz CT molecular complexity index is 1630. The molecule has 1 aliphatic heterocycles. The number of ether oxygens (including phenoxy) is 1. The van der Waals surface area contributed by atoms with E-state index in [2.05, 4.69) is 27.0 Å². The summed E-state index contributed by atoms with van der Waals surface area (Å²) in [6, 6.07) is 20.3. The molecule has 6 rings (SSSR count). The quantitative estimate of drug-likeness (QED) is 0.343. The first-order valence-corrected chi connectivity index (χ1v) is 12.7. The molecule has 0 spiro atoms. The van der Waals surface area contributed by atoms with Gasteiger partial charge in [-0.25, -0.2) is 18.4 Å². The van der Waals surface area contributed by atoms with Gasteiger partial charge in [0.15, 0.2) is 5.65 Å². The van der Waals surface area contributed by atoms with E-state index >= 15 is 0 Å². The Balaban J connectivity index is 1.33. The molecule has 3 heterocycles. The summed E-state index contributed by atoms with van der Waals surface area (Å²) in [7, 11) is 1.66. The zero-order valence-electron chi connectivity index (χ0n) is 21.4. The molecule has 0 unspecified atom stereocenters. The van der Waals surface area contributed by atoms with Crippen LogP contribution in [0.4, 0.5) is 20.5 Å². The lowest BCUT2D eigenvalue weighted by molar-refractivity contribution is 0.248. The number of nitrogens with two attached hydrogens (primary N) is 1. The van der Waals surface area contributed by atoms with Crippen LogP contribution in [0.15, 0.2) is 72.8 Å². The van der Waals surface area contributed by atoms with Crippen molar-refractivity contribution < 1.29 is 13.5 Å². The van der Waals surface area contributed by atoms with Crippen molar-refractivity contribution in [1.82, 2.24) is 24.6 Å². The molecule has 5 aromatic rings. The van der Waals surface area contributed by atoms with Crippen LogP contribution in [0.3, 0.4) is 0 Å². The molecule has 198 valence electrons. The highest BCUT2D eigenvalue weighted by Gasteiger charge is 2.24. The van der Waals surface area contributed by atoms with Crippen LogP contribution in [0.1, 0.15) is 5.56 Å². The van der Waals surface area contributed by atoms with Gasteiger partial charge in [-0.3, -0.25) is 4.90 Å². The number of methoxy groups -OCH3 is 1. The molecule has 1 aliphatic rings. The number of hydrogen-bond donors (Lipinski definition) is 1. The maximum absolute atomic E-state index is 14.2. The number of halogens is 2. The van der Waals surface area contributed by atoms with Crippen molar-refractivity contribution in [1.29, 1.82) is 0 Å². The van der Waals surface area contributed by atoms with Crippen LogP contribution >= 0.6 is 0 Å². The maximum Gasteiger partial charge on any atom is 0.228 e. The number of nitrogens with zero attached hydrogens (tertiary/aromatic N) is 6. The van der Waals surface area contributed by atoms with E-state index in [4.69, 9.17) is 20.4 Å². The molecule has 0 amide bonds. The third-order valence-corrected chi connectivity index (χ3v) is 6.93. The fourth-order valence-electron chi connectivity index (χ4n) is 4.89. The first-order valence-electron chi connectivity index (χ1n) is 12.7. The standard InChI is InChI=1S/C29H27F2N7O/c1-39-24-10-8-19(9-11-24)18-36-12-14-37(15-13-36)29-33-26(20-4-2-5-21(30)16-20)25-27(32)38(35-28(25)34-29)23-7-3-6-22(31)17-23/h2-11,16-17H,12-15,18,32H2,1H3. The van der Waals surface area contributed by atoms with E-state index in [-0.39, 0.29) is 11.6 Å². The number of nitrogen functional groups attached to an aromatic ring is 1. The van der Waals surface area contributed by atoms with Crippen molar-refractivity contribution in [3.8, 4) is 22.7 Å². The SMILES string of the molecule is COc1ccc(CN2CCN(c3nc(-c4cccc(F)c4)c4c(N)n(-c5cccc(F)c5)nc4n3)CC2)cc1. The first kappa shape index (κ1) is 24.7. The molecule has 2 N–H and O–H groups in total. The van der Waals surface area contributed by atoms with Crippen LogP contribution in [0.25, 0.3) is 28.0 Å². The summed E-state index contributed by atoms with van der Waals surface area (Å²) in [5.41, 5.74) is 9.60. The predicted molar refractivity (Wildman–Crippen MR) is 147 cm³/mol. The molecule has 1 fully saturated rings. The zero-order chi connectivity index (χ0) is 26.9. The van der Waals surface area contributed by atoms with E-state index in [9.17, 15) is 8.78 Å². The number of hydrogen-bond acceptors (Lipinski definition) is 7. The highest BCUT2D eigenvalue weighted by Crippen LogP contribution is 2.34. The van der Waals surface area contributed by atoms with E-state index in [1.165, 1.54) is 34.5 Å². The monoisotopic (exact) mass is 527 g/mol. The Hall–Kier alpha value is -4.57. The Morgan fingerprint density at radius 2 is 1.59 bits per heavy atom. The minimum absolute atomic E-state index is 0.255. The van der Waals surface area contributed by atoms with E-state index in [1.54, 1.807) is 31.4 Å². The molecule has 0 aliphatic carbocycles. The van der Waals surface area contributed by atoms with Gasteiger partial charge >= 0.3 is 0 Å². The second-order valence-electron chi connectivity index (χ2n) is 9.47. The van der Waals surface area contributed by atoms with Crippen LogP contribution in [0.5, 0.6) is 5.75 Å². The lowest BCUT2D eigenvalue weighted by Crippen LogP contribution is -2.46. The molecule has 0 radical (unpaired) electrons. The summed E-state index contributed by atoms with van der Waals surface area (Å²) < 4.78 is 34.9. The van der Waals surface area contributed by atoms with Crippen molar-refractivity contribution in [2.45, 2.75) is 6.54 Å². The maximum atomic E-state index is 14.2. The number of anilines is 2. The number of benzene rings is 3. The van der Waals surface area contributed by atoms with Gasteiger partial charge < -0.3 is 15.4 Å². The van der Waals surface area contributed by atoms with Gasteiger partial charge in [-0.15, -0.1) is 5.10 Å². The van der Waals surface area contributed by atoms with Crippen LogP contribution in [0, 0.1) is 11.6 Å². The molecule has 2 aromatic heterocycles. The molecular formula is C29H27F2N7O. The third kappa shape index (κ3) is 4.98. The second kappa shape index (κ2) is 10.3.